The van der Waals surface area contributed by atoms with Crippen LogP contribution in [-0.4, -0.2) is 4.98 Å². The molecule has 0 bridgehead atoms. The highest BCUT2D eigenvalue weighted by Gasteiger charge is 2.20. The van der Waals surface area contributed by atoms with Crippen LogP contribution in [0.3, 0.4) is 0 Å². The van der Waals surface area contributed by atoms with Crippen LogP contribution in [0.1, 0.15) is 0 Å². The summed E-state index contributed by atoms with van der Waals surface area (Å²) in [6.45, 7) is 0. The molecule has 18 heavy (non-hydrogen) atoms. The number of hydrogen-bond acceptors (Lipinski definition) is 1. The van der Waals surface area contributed by atoms with Gasteiger partial charge in [-0.15, -0.1) is 0 Å². The average Bonchev–Trinajstić information content (AvgIpc) is 2.36. The number of halogens is 5. The molecule has 0 amide bonds. The minimum absolute atomic E-state index is 0.0986. The maximum atomic E-state index is 11.0. The van der Waals surface area contributed by atoms with Crippen LogP contribution in [0.2, 0.25) is 25.1 Å². The van der Waals surface area contributed by atoms with Crippen molar-refractivity contribution in [1.29, 1.82) is 0 Å². The third-order valence-corrected chi connectivity index (χ3v) is 4.56. The lowest BCUT2D eigenvalue weighted by Gasteiger charge is -2.12. The highest BCUT2D eigenvalue weighted by Crippen LogP contribution is 2.47. The molecule has 2 rings (SSSR count). The SMILES string of the molecule is O=c1ccc(-c2c(Cl)c(Cl)c(Cl)c(Cl)c2Cl)c[nH]1. The minimum atomic E-state index is -0.239. The lowest BCUT2D eigenvalue weighted by atomic mass is 10.1. The quantitative estimate of drug-likeness (QED) is 0.552. The highest BCUT2D eigenvalue weighted by atomic mass is 35.5. The number of hydrogen-bond donors (Lipinski definition) is 1. The van der Waals surface area contributed by atoms with E-state index in [9.17, 15) is 4.79 Å². The Labute approximate surface area is 127 Å². The molecule has 2 nitrogen and oxygen atoms in total. The second kappa shape index (κ2) is 5.32. The molecule has 0 aliphatic heterocycles. The van der Waals surface area contributed by atoms with E-state index in [0.717, 1.165) is 0 Å². The van der Waals surface area contributed by atoms with Crippen LogP contribution < -0.4 is 5.56 Å². The molecule has 0 unspecified atom stereocenters. The van der Waals surface area contributed by atoms with Gasteiger partial charge in [-0.2, -0.15) is 0 Å². The summed E-state index contributed by atoms with van der Waals surface area (Å²) in [6, 6.07) is 2.91. The van der Waals surface area contributed by atoms with Gasteiger partial charge < -0.3 is 4.98 Å². The van der Waals surface area contributed by atoms with E-state index in [1.807, 2.05) is 0 Å². The van der Waals surface area contributed by atoms with E-state index < -0.39 is 0 Å². The standard InChI is InChI=1S/C11H4Cl5NO/c12-7-6(4-1-2-5(18)17-3-4)8(13)10(15)11(16)9(7)14/h1-3H,(H,17,18). The third-order valence-electron chi connectivity index (χ3n) is 2.28. The van der Waals surface area contributed by atoms with Gasteiger partial charge >= 0.3 is 0 Å². The predicted octanol–water partition coefficient (Wildman–Crippen LogP) is 5.31. The Morgan fingerprint density at radius 3 is 1.72 bits per heavy atom. The normalized spacial score (nSPS) is 10.7. The number of aromatic amines is 1. The van der Waals surface area contributed by atoms with Crippen molar-refractivity contribution in [3.05, 3.63) is 53.8 Å². The van der Waals surface area contributed by atoms with Gasteiger partial charge in [0.2, 0.25) is 5.56 Å². The van der Waals surface area contributed by atoms with Gasteiger partial charge in [-0.25, -0.2) is 0 Å². The fourth-order valence-corrected chi connectivity index (χ4v) is 2.78. The summed E-state index contributed by atoms with van der Waals surface area (Å²) in [5.74, 6) is 0. The summed E-state index contributed by atoms with van der Waals surface area (Å²) in [6.07, 6.45) is 1.47. The van der Waals surface area contributed by atoms with E-state index in [-0.39, 0.29) is 30.7 Å². The van der Waals surface area contributed by atoms with Gasteiger partial charge in [-0.1, -0.05) is 58.0 Å². The van der Waals surface area contributed by atoms with E-state index >= 15 is 0 Å². The monoisotopic (exact) mass is 341 g/mol. The molecule has 1 N–H and O–H groups in total. The van der Waals surface area contributed by atoms with E-state index in [1.54, 1.807) is 6.07 Å². The fourth-order valence-electron chi connectivity index (χ4n) is 1.42. The first-order valence-corrected chi connectivity index (χ1v) is 6.53. The Morgan fingerprint density at radius 2 is 1.28 bits per heavy atom. The summed E-state index contributed by atoms with van der Waals surface area (Å²) in [5.41, 5.74) is 0.774. The summed E-state index contributed by atoms with van der Waals surface area (Å²) in [4.78, 5) is 13.5. The van der Waals surface area contributed by atoms with Crippen LogP contribution in [0.15, 0.2) is 23.1 Å². The summed E-state index contributed by atoms with van der Waals surface area (Å²) in [7, 11) is 0. The minimum Gasteiger partial charge on any atom is -0.328 e. The zero-order chi connectivity index (χ0) is 13.4. The number of aromatic nitrogens is 1. The van der Waals surface area contributed by atoms with Crippen LogP contribution in [0, 0.1) is 0 Å². The topological polar surface area (TPSA) is 32.9 Å². The van der Waals surface area contributed by atoms with Crippen LogP contribution in [-0.2, 0) is 0 Å². The molecule has 1 heterocycles. The van der Waals surface area contributed by atoms with Crippen molar-refractivity contribution >= 4 is 58.0 Å². The smallest absolute Gasteiger partial charge is 0.247 e. The van der Waals surface area contributed by atoms with Crippen molar-refractivity contribution in [2.75, 3.05) is 0 Å². The lowest BCUT2D eigenvalue weighted by Crippen LogP contribution is -2.01. The van der Waals surface area contributed by atoms with Crippen LogP contribution >= 0.6 is 58.0 Å². The molecule has 0 atom stereocenters. The van der Waals surface area contributed by atoms with Gasteiger partial charge in [0.25, 0.3) is 0 Å². The molecule has 2 aromatic rings. The molecule has 0 radical (unpaired) electrons. The molecule has 0 aliphatic rings. The number of pyridine rings is 1. The lowest BCUT2D eigenvalue weighted by molar-refractivity contribution is 1.24. The van der Waals surface area contributed by atoms with Gasteiger partial charge in [-0.3, -0.25) is 4.79 Å². The Kier molecular flexibility index (Phi) is 4.15. The molecule has 0 saturated carbocycles. The summed E-state index contributed by atoms with van der Waals surface area (Å²) < 4.78 is 0. The maximum absolute atomic E-state index is 11.0. The zero-order valence-corrected chi connectivity index (χ0v) is 12.3. The van der Waals surface area contributed by atoms with Gasteiger partial charge in [0.15, 0.2) is 0 Å². The Balaban J connectivity index is 2.79. The van der Waals surface area contributed by atoms with Crippen molar-refractivity contribution < 1.29 is 0 Å². The van der Waals surface area contributed by atoms with E-state index in [2.05, 4.69) is 4.98 Å². The molecule has 7 heteroatoms. The summed E-state index contributed by atoms with van der Waals surface area (Å²) in [5, 5.41) is 0.704. The second-order valence-electron chi connectivity index (χ2n) is 3.39. The van der Waals surface area contributed by atoms with Crippen molar-refractivity contribution in [1.82, 2.24) is 4.98 Å². The molecule has 0 spiro atoms. The molecule has 1 aromatic heterocycles. The Hall–Kier alpha value is -0.380. The van der Waals surface area contributed by atoms with Crippen LogP contribution in [0.5, 0.6) is 0 Å². The van der Waals surface area contributed by atoms with Gasteiger partial charge in [0, 0.05) is 23.4 Å². The second-order valence-corrected chi connectivity index (χ2v) is 5.28. The number of benzene rings is 1. The van der Waals surface area contributed by atoms with E-state index in [0.29, 0.717) is 11.1 Å². The maximum Gasteiger partial charge on any atom is 0.247 e. The predicted molar refractivity (Wildman–Crippen MR) is 77.5 cm³/mol. The van der Waals surface area contributed by atoms with Gasteiger partial charge in [0.05, 0.1) is 25.1 Å². The van der Waals surface area contributed by atoms with Crippen LogP contribution in [0.4, 0.5) is 0 Å². The highest BCUT2D eigenvalue weighted by molar-refractivity contribution is 6.56. The molecule has 0 saturated heterocycles. The average molecular weight is 343 g/mol. The first-order valence-electron chi connectivity index (χ1n) is 4.64. The van der Waals surface area contributed by atoms with E-state index in [4.69, 9.17) is 58.0 Å². The van der Waals surface area contributed by atoms with Crippen molar-refractivity contribution in [3.63, 3.8) is 0 Å². The number of H-pyrrole nitrogens is 1. The van der Waals surface area contributed by atoms with Crippen molar-refractivity contribution in [2.45, 2.75) is 0 Å². The van der Waals surface area contributed by atoms with E-state index in [1.165, 1.54) is 12.3 Å². The zero-order valence-electron chi connectivity index (χ0n) is 8.53. The Bertz CT molecular complexity index is 630. The van der Waals surface area contributed by atoms with Crippen LogP contribution in [0.25, 0.3) is 11.1 Å². The van der Waals surface area contributed by atoms with Crippen molar-refractivity contribution in [3.8, 4) is 11.1 Å². The molecule has 0 fully saturated rings. The fraction of sp³-hybridized carbons (Fsp3) is 0. The molecular weight excluding hydrogens is 339 g/mol. The Morgan fingerprint density at radius 1 is 0.778 bits per heavy atom. The van der Waals surface area contributed by atoms with Gasteiger partial charge in [0.1, 0.15) is 0 Å². The molecular formula is C11H4Cl5NO. The molecule has 1 aromatic carbocycles. The molecule has 0 aliphatic carbocycles. The largest absolute Gasteiger partial charge is 0.328 e. The first kappa shape index (κ1) is 14.0. The summed E-state index contributed by atoms with van der Waals surface area (Å²) >= 11 is 30.0. The number of rotatable bonds is 1. The third kappa shape index (κ3) is 2.36. The number of nitrogens with one attached hydrogen (secondary N) is 1. The first-order chi connectivity index (χ1) is 8.43. The molecule has 94 valence electrons. The van der Waals surface area contributed by atoms with Crippen molar-refractivity contribution in [2.24, 2.45) is 0 Å². The van der Waals surface area contributed by atoms with Gasteiger partial charge in [-0.05, 0) is 6.07 Å².